The van der Waals surface area contributed by atoms with Crippen molar-refractivity contribution in [2.75, 3.05) is 5.32 Å². The van der Waals surface area contributed by atoms with Gasteiger partial charge in [-0.25, -0.2) is 14.3 Å². The molecular weight excluding hydrogens is 178 g/mol. The van der Waals surface area contributed by atoms with Crippen LogP contribution in [0.2, 0.25) is 0 Å². The predicted octanol–water partition coefficient (Wildman–Crippen LogP) is -0.996. The number of aromatic carboxylic acids is 1. The molecule has 1 aromatic rings. The molecule has 1 heterocycles. The predicted molar refractivity (Wildman–Crippen MR) is 41.2 cm³/mol. The number of carbonyl (C=O) groups is 2. The number of primary amides is 1. The van der Waals surface area contributed by atoms with E-state index in [-0.39, 0.29) is 11.5 Å². The van der Waals surface area contributed by atoms with Gasteiger partial charge in [0.05, 0.1) is 0 Å². The maximum absolute atomic E-state index is 10.6. The summed E-state index contributed by atoms with van der Waals surface area (Å²) in [5.41, 5.74) is 4.56. The van der Waals surface area contributed by atoms with Crippen molar-refractivity contribution in [3.63, 3.8) is 0 Å². The molecule has 0 aliphatic carbocycles. The normalized spacial score (nSPS) is 9.62. The summed E-state index contributed by atoms with van der Waals surface area (Å²) in [7, 11) is 1.39. The molecule has 0 radical (unpaired) electrons. The van der Waals surface area contributed by atoms with Crippen molar-refractivity contribution in [1.82, 2.24) is 15.0 Å². The number of aryl methyl sites for hydroxylation is 1. The number of nitrogens with zero attached hydrogens (tertiary/aromatic N) is 3. The molecule has 0 atom stereocenters. The maximum atomic E-state index is 10.6. The highest BCUT2D eigenvalue weighted by molar-refractivity contribution is 5.96. The molecule has 0 spiro atoms. The SMILES string of the molecule is Cn1nnc(NC(N)=O)c1C(=O)O. The third-order valence-electron chi connectivity index (χ3n) is 1.27. The molecule has 2 amide bonds. The Morgan fingerprint density at radius 1 is 1.62 bits per heavy atom. The minimum absolute atomic E-state index is 0.164. The van der Waals surface area contributed by atoms with Gasteiger partial charge in [-0.05, 0) is 0 Å². The first-order chi connectivity index (χ1) is 6.02. The van der Waals surface area contributed by atoms with Gasteiger partial charge >= 0.3 is 12.0 Å². The molecule has 1 aromatic heterocycles. The van der Waals surface area contributed by atoms with Crippen molar-refractivity contribution < 1.29 is 14.7 Å². The monoisotopic (exact) mass is 185 g/mol. The summed E-state index contributed by atoms with van der Waals surface area (Å²) in [4.78, 5) is 21.0. The zero-order valence-electron chi connectivity index (χ0n) is 6.68. The topological polar surface area (TPSA) is 123 Å². The lowest BCUT2D eigenvalue weighted by atomic mass is 10.4. The van der Waals surface area contributed by atoms with E-state index in [4.69, 9.17) is 10.8 Å². The Morgan fingerprint density at radius 3 is 2.69 bits per heavy atom. The van der Waals surface area contributed by atoms with E-state index in [0.717, 1.165) is 4.68 Å². The first-order valence-electron chi connectivity index (χ1n) is 3.21. The Bertz CT molecular complexity index is 357. The molecule has 0 saturated carbocycles. The number of amides is 2. The number of hydrogen-bond acceptors (Lipinski definition) is 4. The van der Waals surface area contributed by atoms with Gasteiger partial charge in [-0.1, -0.05) is 5.21 Å². The molecule has 0 aliphatic heterocycles. The van der Waals surface area contributed by atoms with E-state index in [1.807, 2.05) is 5.32 Å². The molecule has 8 heteroatoms. The molecule has 0 fully saturated rings. The molecule has 0 bridgehead atoms. The highest BCUT2D eigenvalue weighted by Crippen LogP contribution is 2.09. The van der Waals surface area contributed by atoms with Crippen LogP contribution in [0.3, 0.4) is 0 Å². The van der Waals surface area contributed by atoms with Crippen LogP contribution < -0.4 is 11.1 Å². The minimum atomic E-state index is -1.24. The average molecular weight is 185 g/mol. The van der Waals surface area contributed by atoms with Gasteiger partial charge in [0.15, 0.2) is 11.5 Å². The van der Waals surface area contributed by atoms with Gasteiger partial charge in [0.1, 0.15) is 0 Å². The van der Waals surface area contributed by atoms with Crippen molar-refractivity contribution >= 4 is 17.8 Å². The van der Waals surface area contributed by atoms with Crippen LogP contribution >= 0.6 is 0 Å². The van der Waals surface area contributed by atoms with E-state index < -0.39 is 12.0 Å². The van der Waals surface area contributed by atoms with Gasteiger partial charge in [0, 0.05) is 7.05 Å². The molecular formula is C5H7N5O3. The number of hydrogen-bond donors (Lipinski definition) is 3. The molecule has 8 nitrogen and oxygen atoms in total. The summed E-state index contributed by atoms with van der Waals surface area (Å²) >= 11 is 0. The van der Waals surface area contributed by atoms with E-state index in [1.165, 1.54) is 7.05 Å². The number of rotatable bonds is 2. The molecule has 4 N–H and O–H groups in total. The fourth-order valence-electron chi connectivity index (χ4n) is 0.798. The van der Waals surface area contributed by atoms with Crippen molar-refractivity contribution in [3.05, 3.63) is 5.69 Å². The smallest absolute Gasteiger partial charge is 0.358 e. The van der Waals surface area contributed by atoms with Gasteiger partial charge in [-0.2, -0.15) is 0 Å². The minimum Gasteiger partial charge on any atom is -0.476 e. The number of carboxylic acids is 1. The second kappa shape index (κ2) is 3.09. The van der Waals surface area contributed by atoms with Crippen molar-refractivity contribution in [1.29, 1.82) is 0 Å². The van der Waals surface area contributed by atoms with Crippen LogP contribution in [0.1, 0.15) is 10.5 Å². The lowest BCUT2D eigenvalue weighted by Crippen LogP contribution is -2.21. The standard InChI is InChI=1S/C5H7N5O3/c1-10-2(4(11)12)3(8-9-10)7-5(6)13/h1H3,(H,11,12)(H3,6,7,13). The second-order valence-corrected chi connectivity index (χ2v) is 2.20. The van der Waals surface area contributed by atoms with Crippen LogP contribution in [0.15, 0.2) is 0 Å². The number of anilines is 1. The number of nitrogens with two attached hydrogens (primary N) is 1. The van der Waals surface area contributed by atoms with Crippen LogP contribution in [0, 0.1) is 0 Å². The van der Waals surface area contributed by atoms with Crippen molar-refractivity contribution in [2.24, 2.45) is 12.8 Å². The molecule has 70 valence electrons. The Morgan fingerprint density at radius 2 is 2.23 bits per heavy atom. The van der Waals surface area contributed by atoms with Crippen LogP contribution in [0.25, 0.3) is 0 Å². The Hall–Kier alpha value is -2.12. The van der Waals surface area contributed by atoms with Crippen LogP contribution in [-0.2, 0) is 7.05 Å². The van der Waals surface area contributed by atoms with E-state index in [2.05, 4.69) is 10.3 Å². The van der Waals surface area contributed by atoms with Gasteiger partial charge < -0.3 is 10.8 Å². The lowest BCUT2D eigenvalue weighted by molar-refractivity contribution is 0.0686. The van der Waals surface area contributed by atoms with Crippen LogP contribution in [0.5, 0.6) is 0 Å². The second-order valence-electron chi connectivity index (χ2n) is 2.20. The number of aromatic nitrogens is 3. The third-order valence-corrected chi connectivity index (χ3v) is 1.27. The molecule has 13 heavy (non-hydrogen) atoms. The quantitative estimate of drug-likeness (QED) is 0.545. The fraction of sp³-hybridized carbons (Fsp3) is 0.200. The summed E-state index contributed by atoms with van der Waals surface area (Å²) in [6.45, 7) is 0. The van der Waals surface area contributed by atoms with Crippen molar-refractivity contribution in [2.45, 2.75) is 0 Å². The number of carbonyl (C=O) groups excluding carboxylic acids is 1. The zero-order chi connectivity index (χ0) is 10.0. The maximum Gasteiger partial charge on any atom is 0.358 e. The highest BCUT2D eigenvalue weighted by Gasteiger charge is 2.18. The van der Waals surface area contributed by atoms with E-state index in [1.54, 1.807) is 0 Å². The van der Waals surface area contributed by atoms with Gasteiger partial charge in [-0.3, -0.25) is 5.32 Å². The molecule has 0 aromatic carbocycles. The fourth-order valence-corrected chi connectivity index (χ4v) is 0.798. The average Bonchev–Trinajstić information content (AvgIpc) is 2.30. The Kier molecular flexibility index (Phi) is 2.13. The first kappa shape index (κ1) is 8.97. The number of urea groups is 1. The van der Waals surface area contributed by atoms with Crippen LogP contribution in [0.4, 0.5) is 10.6 Å². The zero-order valence-corrected chi connectivity index (χ0v) is 6.68. The molecule has 0 aliphatic rings. The van der Waals surface area contributed by atoms with E-state index >= 15 is 0 Å². The largest absolute Gasteiger partial charge is 0.476 e. The van der Waals surface area contributed by atoms with E-state index in [9.17, 15) is 9.59 Å². The third kappa shape index (κ3) is 1.72. The molecule has 1 rings (SSSR count). The van der Waals surface area contributed by atoms with Crippen molar-refractivity contribution in [3.8, 4) is 0 Å². The van der Waals surface area contributed by atoms with Crippen LogP contribution in [-0.4, -0.2) is 32.1 Å². The molecule has 0 saturated heterocycles. The first-order valence-corrected chi connectivity index (χ1v) is 3.21. The van der Waals surface area contributed by atoms with Gasteiger partial charge in [0.25, 0.3) is 0 Å². The lowest BCUT2D eigenvalue weighted by Gasteiger charge is -1.97. The summed E-state index contributed by atoms with van der Waals surface area (Å²) in [5.74, 6) is -1.40. The molecule has 0 unspecified atom stereocenters. The van der Waals surface area contributed by atoms with Gasteiger partial charge in [-0.15, -0.1) is 5.10 Å². The number of carboxylic acid groups (broad SMARTS) is 1. The summed E-state index contributed by atoms with van der Waals surface area (Å²) in [5, 5.41) is 17.5. The summed E-state index contributed by atoms with van der Waals surface area (Å²) in [6, 6.07) is -0.886. The Labute approximate surface area is 72.3 Å². The summed E-state index contributed by atoms with van der Waals surface area (Å²) < 4.78 is 1.02. The summed E-state index contributed by atoms with van der Waals surface area (Å²) in [6.07, 6.45) is 0. The Balaban J connectivity index is 3.07. The highest BCUT2D eigenvalue weighted by atomic mass is 16.4. The number of nitrogens with one attached hydrogen (secondary N) is 1. The van der Waals surface area contributed by atoms with E-state index in [0.29, 0.717) is 0 Å². The van der Waals surface area contributed by atoms with Gasteiger partial charge in [0.2, 0.25) is 0 Å².